The van der Waals surface area contributed by atoms with Gasteiger partial charge in [0.05, 0.1) is 17.9 Å². The summed E-state index contributed by atoms with van der Waals surface area (Å²) in [4.78, 5) is 22.4. The van der Waals surface area contributed by atoms with Gasteiger partial charge in [-0.3, -0.25) is 9.88 Å². The lowest BCUT2D eigenvalue weighted by atomic mass is 10.0. The Morgan fingerprint density at radius 1 is 1.00 bits per heavy atom. The minimum Gasteiger partial charge on any atom is -0.367 e. The third-order valence-corrected chi connectivity index (χ3v) is 7.48. The summed E-state index contributed by atoms with van der Waals surface area (Å²) in [6.07, 6.45) is 7.22. The molecule has 0 saturated carbocycles. The predicted octanol–water partition coefficient (Wildman–Crippen LogP) is 5.30. The van der Waals surface area contributed by atoms with Gasteiger partial charge in [-0.1, -0.05) is 48.0 Å². The maximum Gasteiger partial charge on any atom is 0.319 e. The Hall–Kier alpha value is -3.38. The number of piperazine rings is 1. The number of aryl methyl sites for hydroxylation is 2. The summed E-state index contributed by atoms with van der Waals surface area (Å²) in [5.74, 6) is 0. The summed E-state index contributed by atoms with van der Waals surface area (Å²) in [5.41, 5.74) is 5.68. The van der Waals surface area contributed by atoms with Crippen LogP contribution < -0.4 is 15.5 Å². The fraction of sp³-hybridized carbons (Fsp3) is 0.379. The molecule has 2 amide bonds. The average Bonchev–Trinajstić information content (AvgIpc) is 3.10. The van der Waals surface area contributed by atoms with E-state index in [1.807, 2.05) is 61.8 Å². The molecule has 0 aliphatic carbocycles. The van der Waals surface area contributed by atoms with E-state index in [0.717, 1.165) is 37.3 Å². The molecule has 6 nitrogen and oxygen atoms in total. The molecule has 2 aromatic carbocycles. The number of fused-ring (bicyclic) bond motifs is 2. The molecule has 2 fully saturated rings. The van der Waals surface area contributed by atoms with Gasteiger partial charge in [-0.2, -0.15) is 0 Å². The molecular weight excluding hydrogens is 434 g/mol. The van der Waals surface area contributed by atoms with Gasteiger partial charge in [-0.25, -0.2) is 4.79 Å². The third kappa shape index (κ3) is 5.49. The summed E-state index contributed by atoms with van der Waals surface area (Å²) in [7, 11) is 0. The van der Waals surface area contributed by atoms with Crippen molar-refractivity contribution in [3.05, 3.63) is 89.7 Å². The van der Waals surface area contributed by atoms with Crippen LogP contribution in [0, 0.1) is 13.8 Å². The number of carbonyl (C=O) groups is 1. The van der Waals surface area contributed by atoms with E-state index in [4.69, 9.17) is 0 Å². The Kier molecular flexibility index (Phi) is 7.00. The highest BCUT2D eigenvalue weighted by atomic mass is 16.2. The molecule has 182 valence electrons. The van der Waals surface area contributed by atoms with E-state index >= 15 is 0 Å². The Bertz CT molecular complexity index is 1120. The summed E-state index contributed by atoms with van der Waals surface area (Å²) >= 11 is 0. The number of anilines is 2. The van der Waals surface area contributed by atoms with Crippen molar-refractivity contribution in [2.45, 2.75) is 51.2 Å². The fourth-order valence-corrected chi connectivity index (χ4v) is 5.59. The summed E-state index contributed by atoms with van der Waals surface area (Å²) in [6.45, 7) is 7.27. The van der Waals surface area contributed by atoms with Crippen LogP contribution in [0.3, 0.4) is 0 Å². The lowest BCUT2D eigenvalue weighted by Crippen LogP contribution is -2.54. The molecule has 35 heavy (non-hydrogen) atoms. The van der Waals surface area contributed by atoms with Gasteiger partial charge in [-0.05, 0) is 62.4 Å². The van der Waals surface area contributed by atoms with E-state index < -0.39 is 0 Å². The van der Waals surface area contributed by atoms with Crippen LogP contribution in [0.5, 0.6) is 0 Å². The minimum absolute atomic E-state index is 0.0420. The number of carbonyl (C=O) groups excluding carboxylic acids is 1. The number of hydrogen-bond acceptors (Lipinski definition) is 4. The van der Waals surface area contributed by atoms with Gasteiger partial charge in [0.1, 0.15) is 0 Å². The maximum atomic E-state index is 12.9. The van der Waals surface area contributed by atoms with Crippen LogP contribution in [0.4, 0.5) is 16.2 Å². The number of hydrogen-bond donors (Lipinski definition) is 2. The zero-order chi connectivity index (χ0) is 24.2. The van der Waals surface area contributed by atoms with Crippen molar-refractivity contribution in [1.82, 2.24) is 15.2 Å². The number of rotatable bonds is 7. The largest absolute Gasteiger partial charge is 0.367 e. The van der Waals surface area contributed by atoms with E-state index in [-0.39, 0.29) is 12.1 Å². The molecule has 6 heteroatoms. The van der Waals surface area contributed by atoms with Crippen LogP contribution >= 0.6 is 0 Å². The van der Waals surface area contributed by atoms with E-state index in [9.17, 15) is 4.79 Å². The lowest BCUT2D eigenvalue weighted by Gasteiger charge is -2.43. The maximum absolute atomic E-state index is 12.9. The molecule has 2 bridgehead atoms. The number of pyridine rings is 1. The monoisotopic (exact) mass is 469 g/mol. The molecule has 5 rings (SSSR count). The van der Waals surface area contributed by atoms with E-state index in [1.165, 1.54) is 29.7 Å². The van der Waals surface area contributed by atoms with Crippen LogP contribution in [0.15, 0.2) is 73.1 Å². The van der Waals surface area contributed by atoms with Gasteiger partial charge in [0.25, 0.3) is 0 Å². The van der Waals surface area contributed by atoms with E-state index in [2.05, 4.69) is 50.5 Å². The number of urea groups is 1. The van der Waals surface area contributed by atoms with E-state index in [0.29, 0.717) is 12.1 Å². The van der Waals surface area contributed by atoms with Crippen molar-refractivity contribution in [1.29, 1.82) is 0 Å². The first-order chi connectivity index (χ1) is 17.1. The SMILES string of the molecule is Cc1ccc(NC(=O)N[C@@H](CCN2[C@@H]3CC[C@@H]2CN(c2cnccc2C)C3)c2ccccc2)cc1. The highest BCUT2D eigenvalue weighted by Crippen LogP contribution is 2.34. The van der Waals surface area contributed by atoms with E-state index in [1.54, 1.807) is 0 Å². The summed E-state index contributed by atoms with van der Waals surface area (Å²) in [6, 6.07) is 21.2. The molecule has 0 spiro atoms. The number of aromatic nitrogens is 1. The van der Waals surface area contributed by atoms with Crippen LogP contribution in [-0.2, 0) is 0 Å². The van der Waals surface area contributed by atoms with Crippen molar-refractivity contribution < 1.29 is 4.79 Å². The average molecular weight is 470 g/mol. The first-order valence-corrected chi connectivity index (χ1v) is 12.7. The zero-order valence-corrected chi connectivity index (χ0v) is 20.7. The second-order valence-electron chi connectivity index (χ2n) is 9.91. The van der Waals surface area contributed by atoms with Gasteiger partial charge >= 0.3 is 6.03 Å². The van der Waals surface area contributed by atoms with Crippen LogP contribution in [0.1, 0.15) is 42.0 Å². The Balaban J connectivity index is 1.23. The Morgan fingerprint density at radius 3 is 2.40 bits per heavy atom. The summed E-state index contributed by atoms with van der Waals surface area (Å²) in [5, 5.41) is 6.22. The summed E-state index contributed by atoms with van der Waals surface area (Å²) < 4.78 is 0. The molecule has 2 aliphatic heterocycles. The molecule has 3 aromatic rings. The number of nitrogens with zero attached hydrogens (tertiary/aromatic N) is 3. The van der Waals surface area contributed by atoms with Gasteiger partial charge in [0.15, 0.2) is 0 Å². The zero-order valence-electron chi connectivity index (χ0n) is 20.7. The second kappa shape index (κ2) is 10.5. The third-order valence-electron chi connectivity index (χ3n) is 7.48. The van der Waals surface area contributed by atoms with Gasteiger partial charge < -0.3 is 15.5 Å². The lowest BCUT2D eigenvalue weighted by molar-refractivity contribution is 0.161. The molecule has 2 saturated heterocycles. The van der Waals surface area contributed by atoms with Crippen molar-refractivity contribution in [3.63, 3.8) is 0 Å². The highest BCUT2D eigenvalue weighted by Gasteiger charge is 2.40. The number of benzene rings is 2. The standard InChI is InChI=1S/C29H35N5O/c1-21-8-10-24(11-9-21)31-29(35)32-27(23-6-4-3-5-7-23)15-17-34-25-12-13-26(34)20-33(19-25)28-18-30-16-14-22(28)2/h3-11,14,16,18,25-27H,12-13,15,17,19-20H2,1-2H3,(H2,31,32,35)/t25-,26-,27+/m1/s1. The van der Waals surface area contributed by atoms with Crippen LogP contribution in [-0.4, -0.2) is 47.6 Å². The molecule has 2 aliphatic rings. The minimum atomic E-state index is -0.164. The number of amides is 2. The Morgan fingerprint density at radius 2 is 1.71 bits per heavy atom. The highest BCUT2D eigenvalue weighted by molar-refractivity contribution is 5.89. The first-order valence-electron chi connectivity index (χ1n) is 12.7. The van der Waals surface area contributed by atoms with Crippen molar-refractivity contribution >= 4 is 17.4 Å². The smallest absolute Gasteiger partial charge is 0.319 e. The Labute approximate surface area is 208 Å². The topological polar surface area (TPSA) is 60.5 Å². The second-order valence-corrected chi connectivity index (χ2v) is 9.91. The molecular formula is C29H35N5O. The molecule has 3 heterocycles. The van der Waals surface area contributed by atoms with Gasteiger partial charge in [0.2, 0.25) is 0 Å². The molecule has 3 atom stereocenters. The molecule has 1 aromatic heterocycles. The van der Waals surface area contributed by atoms with Crippen LogP contribution in [0.25, 0.3) is 0 Å². The van der Waals surface area contributed by atoms with Gasteiger partial charge in [0, 0.05) is 43.6 Å². The predicted molar refractivity (Wildman–Crippen MR) is 142 cm³/mol. The fourth-order valence-electron chi connectivity index (χ4n) is 5.59. The van der Waals surface area contributed by atoms with Gasteiger partial charge in [-0.15, -0.1) is 0 Å². The van der Waals surface area contributed by atoms with Crippen LogP contribution in [0.2, 0.25) is 0 Å². The molecule has 2 N–H and O–H groups in total. The molecule has 0 radical (unpaired) electrons. The first kappa shape index (κ1) is 23.4. The van der Waals surface area contributed by atoms with Crippen molar-refractivity contribution in [3.8, 4) is 0 Å². The quantitative estimate of drug-likeness (QED) is 0.493. The normalized spacial score (nSPS) is 20.5. The van der Waals surface area contributed by atoms with Crippen molar-refractivity contribution in [2.24, 2.45) is 0 Å². The van der Waals surface area contributed by atoms with Crippen molar-refractivity contribution in [2.75, 3.05) is 29.9 Å². The number of nitrogens with one attached hydrogen (secondary N) is 2. The molecule has 0 unspecified atom stereocenters.